The van der Waals surface area contributed by atoms with Crippen molar-refractivity contribution in [3.05, 3.63) is 21.9 Å². The number of hydrogen-bond acceptors (Lipinski definition) is 4. The third-order valence-electron chi connectivity index (χ3n) is 1.63. The summed E-state index contributed by atoms with van der Waals surface area (Å²) in [4.78, 5) is 11.8. The molecule has 0 fully saturated rings. The zero-order valence-corrected chi connectivity index (χ0v) is 7.89. The van der Waals surface area contributed by atoms with Crippen LogP contribution in [0, 0.1) is 10.1 Å². The Labute approximate surface area is 75.9 Å². The van der Waals surface area contributed by atoms with E-state index in [1.54, 1.807) is 7.05 Å². The number of hydrogen-bond donors (Lipinski definition) is 0. The topological polar surface area (TPSA) is 64.2 Å². The molecule has 0 aliphatic carbocycles. The van der Waals surface area contributed by atoms with Crippen molar-refractivity contribution in [2.45, 2.75) is 6.54 Å². The standard InChI is InChI=1S/C7H12N4O2/c1-9(2)5-6-4-7(11(12)13)8-10(6)3/h4H,5H2,1-3H3. The van der Waals surface area contributed by atoms with Crippen LogP contribution in [0.15, 0.2) is 6.07 Å². The molecule has 1 heterocycles. The van der Waals surface area contributed by atoms with Crippen molar-refractivity contribution in [3.63, 3.8) is 0 Å². The second-order valence-electron chi connectivity index (χ2n) is 3.11. The van der Waals surface area contributed by atoms with Gasteiger partial charge in [-0.2, -0.15) is 4.68 Å². The average molecular weight is 184 g/mol. The zero-order valence-electron chi connectivity index (χ0n) is 7.89. The first kappa shape index (κ1) is 9.66. The molecule has 0 saturated carbocycles. The molecule has 0 amide bonds. The minimum Gasteiger partial charge on any atom is -0.358 e. The van der Waals surface area contributed by atoms with Gasteiger partial charge in [0.05, 0.1) is 23.9 Å². The summed E-state index contributed by atoms with van der Waals surface area (Å²) in [6.45, 7) is 0.650. The lowest BCUT2D eigenvalue weighted by atomic mass is 10.4. The molecule has 6 nitrogen and oxygen atoms in total. The van der Waals surface area contributed by atoms with Crippen molar-refractivity contribution in [3.8, 4) is 0 Å². The molecule has 1 aromatic heterocycles. The van der Waals surface area contributed by atoms with Crippen molar-refractivity contribution in [1.82, 2.24) is 14.7 Å². The smallest absolute Gasteiger partial charge is 0.358 e. The highest BCUT2D eigenvalue weighted by Gasteiger charge is 2.15. The van der Waals surface area contributed by atoms with Crippen LogP contribution in [0.4, 0.5) is 5.82 Å². The predicted molar refractivity (Wildman–Crippen MR) is 47.3 cm³/mol. The Morgan fingerprint density at radius 2 is 2.31 bits per heavy atom. The molecule has 0 unspecified atom stereocenters. The normalized spacial score (nSPS) is 10.8. The van der Waals surface area contributed by atoms with E-state index in [1.165, 1.54) is 10.7 Å². The summed E-state index contributed by atoms with van der Waals surface area (Å²) in [5.74, 6) is -0.0978. The van der Waals surface area contributed by atoms with Gasteiger partial charge in [-0.3, -0.25) is 0 Å². The largest absolute Gasteiger partial charge is 0.390 e. The number of aryl methyl sites for hydroxylation is 1. The Bertz CT molecular complexity index is 318. The van der Waals surface area contributed by atoms with E-state index in [1.807, 2.05) is 19.0 Å². The summed E-state index contributed by atoms with van der Waals surface area (Å²) in [6.07, 6.45) is 0. The molecule has 0 atom stereocenters. The number of rotatable bonds is 3. The van der Waals surface area contributed by atoms with Gasteiger partial charge in [0.15, 0.2) is 0 Å². The summed E-state index contributed by atoms with van der Waals surface area (Å²) < 4.78 is 1.53. The monoisotopic (exact) mass is 184 g/mol. The summed E-state index contributed by atoms with van der Waals surface area (Å²) >= 11 is 0. The zero-order chi connectivity index (χ0) is 10.0. The van der Waals surface area contributed by atoms with Crippen LogP contribution in [0.3, 0.4) is 0 Å². The van der Waals surface area contributed by atoms with Gasteiger partial charge in [0, 0.05) is 6.54 Å². The number of aromatic nitrogens is 2. The first-order valence-corrected chi connectivity index (χ1v) is 3.82. The van der Waals surface area contributed by atoms with Crippen molar-refractivity contribution < 1.29 is 4.92 Å². The predicted octanol–water partition coefficient (Wildman–Crippen LogP) is 0.390. The van der Waals surface area contributed by atoms with E-state index in [-0.39, 0.29) is 5.82 Å². The first-order valence-electron chi connectivity index (χ1n) is 3.82. The van der Waals surface area contributed by atoms with E-state index < -0.39 is 4.92 Å². The molecule has 0 aromatic carbocycles. The Morgan fingerprint density at radius 3 is 2.69 bits per heavy atom. The minimum absolute atomic E-state index is 0.0978. The van der Waals surface area contributed by atoms with Crippen molar-refractivity contribution in [2.24, 2.45) is 7.05 Å². The lowest BCUT2D eigenvalue weighted by Crippen LogP contribution is -2.13. The van der Waals surface area contributed by atoms with Crippen LogP contribution in [0.1, 0.15) is 5.69 Å². The van der Waals surface area contributed by atoms with Gasteiger partial charge in [0.2, 0.25) is 0 Å². The second kappa shape index (κ2) is 3.53. The van der Waals surface area contributed by atoms with E-state index in [2.05, 4.69) is 5.10 Å². The van der Waals surface area contributed by atoms with Crippen molar-refractivity contribution in [2.75, 3.05) is 14.1 Å². The first-order chi connectivity index (χ1) is 6.00. The van der Waals surface area contributed by atoms with Gasteiger partial charge in [-0.05, 0) is 19.0 Å². The molecule has 0 aliphatic heterocycles. The molecule has 0 aliphatic rings. The van der Waals surface area contributed by atoms with Crippen LogP contribution in [-0.2, 0) is 13.6 Å². The van der Waals surface area contributed by atoms with Crippen LogP contribution >= 0.6 is 0 Å². The van der Waals surface area contributed by atoms with E-state index in [4.69, 9.17) is 0 Å². The Balaban J connectivity index is 2.90. The maximum atomic E-state index is 10.4. The summed E-state index contributed by atoms with van der Waals surface area (Å²) in [5.41, 5.74) is 0.830. The molecule has 0 radical (unpaired) electrons. The lowest BCUT2D eigenvalue weighted by Gasteiger charge is -2.06. The minimum atomic E-state index is -0.487. The highest BCUT2D eigenvalue weighted by Crippen LogP contribution is 2.11. The van der Waals surface area contributed by atoms with E-state index in [0.29, 0.717) is 6.54 Å². The van der Waals surface area contributed by atoms with Crippen LogP contribution in [0.25, 0.3) is 0 Å². The molecule has 1 aromatic rings. The molecular weight excluding hydrogens is 172 g/mol. The SMILES string of the molecule is CN(C)Cc1cc([N+](=O)[O-])nn1C. The van der Waals surface area contributed by atoms with Gasteiger partial charge >= 0.3 is 5.82 Å². The van der Waals surface area contributed by atoms with Crippen LogP contribution in [0.2, 0.25) is 0 Å². The summed E-state index contributed by atoms with van der Waals surface area (Å²) in [5, 5.41) is 14.1. The van der Waals surface area contributed by atoms with Crippen LogP contribution in [-0.4, -0.2) is 33.7 Å². The van der Waals surface area contributed by atoms with Crippen LogP contribution < -0.4 is 0 Å². The third-order valence-corrected chi connectivity index (χ3v) is 1.63. The molecule has 72 valence electrons. The van der Waals surface area contributed by atoms with Gasteiger partial charge in [-0.1, -0.05) is 0 Å². The molecule has 1 rings (SSSR count). The lowest BCUT2D eigenvalue weighted by molar-refractivity contribution is -0.389. The van der Waals surface area contributed by atoms with Crippen molar-refractivity contribution in [1.29, 1.82) is 0 Å². The van der Waals surface area contributed by atoms with Crippen LogP contribution in [0.5, 0.6) is 0 Å². The number of nitrogens with zero attached hydrogens (tertiary/aromatic N) is 4. The molecule has 0 saturated heterocycles. The highest BCUT2D eigenvalue weighted by molar-refractivity contribution is 5.21. The Hall–Kier alpha value is -1.43. The highest BCUT2D eigenvalue weighted by atomic mass is 16.6. The molecule has 13 heavy (non-hydrogen) atoms. The van der Waals surface area contributed by atoms with E-state index in [0.717, 1.165) is 5.69 Å². The summed E-state index contributed by atoms with van der Waals surface area (Å²) in [6, 6.07) is 1.49. The fourth-order valence-electron chi connectivity index (χ4n) is 1.05. The average Bonchev–Trinajstić information content (AvgIpc) is 2.31. The second-order valence-corrected chi connectivity index (χ2v) is 3.11. The molecule has 0 N–H and O–H groups in total. The number of nitro groups is 1. The fourth-order valence-corrected chi connectivity index (χ4v) is 1.05. The quantitative estimate of drug-likeness (QED) is 0.503. The summed E-state index contributed by atoms with van der Waals surface area (Å²) in [7, 11) is 5.50. The van der Waals surface area contributed by atoms with Gasteiger partial charge in [0.25, 0.3) is 0 Å². The fraction of sp³-hybridized carbons (Fsp3) is 0.571. The third kappa shape index (κ3) is 2.25. The van der Waals surface area contributed by atoms with Gasteiger partial charge in [0.1, 0.15) is 0 Å². The van der Waals surface area contributed by atoms with Gasteiger partial charge < -0.3 is 15.0 Å². The molecule has 6 heteroatoms. The van der Waals surface area contributed by atoms with E-state index >= 15 is 0 Å². The van der Waals surface area contributed by atoms with Crippen molar-refractivity contribution >= 4 is 5.82 Å². The Kier molecular flexibility index (Phi) is 2.62. The molecule has 0 bridgehead atoms. The van der Waals surface area contributed by atoms with E-state index in [9.17, 15) is 10.1 Å². The van der Waals surface area contributed by atoms with Gasteiger partial charge in [-0.15, -0.1) is 0 Å². The maximum absolute atomic E-state index is 10.4. The Morgan fingerprint density at radius 1 is 1.69 bits per heavy atom. The molecule has 0 spiro atoms. The van der Waals surface area contributed by atoms with Gasteiger partial charge in [-0.25, -0.2) is 0 Å². The molecular formula is C7H12N4O2. The maximum Gasteiger partial charge on any atom is 0.390 e.